The van der Waals surface area contributed by atoms with Crippen LogP contribution in [0.15, 0.2) is 48.9 Å². The monoisotopic (exact) mass is 352 g/mol. The third-order valence-corrected chi connectivity index (χ3v) is 3.69. The number of halogens is 1. The number of pyridine rings is 1. The minimum Gasteiger partial charge on any atom is -0.397 e. The van der Waals surface area contributed by atoms with E-state index >= 15 is 0 Å². The molecule has 0 spiro atoms. The summed E-state index contributed by atoms with van der Waals surface area (Å²) in [5.74, 6) is -0.340. The van der Waals surface area contributed by atoms with Crippen molar-refractivity contribution in [2.45, 2.75) is 0 Å². The second-order valence-electron chi connectivity index (χ2n) is 5.78. The zero-order chi connectivity index (χ0) is 18.7. The fraction of sp³-hybridized carbons (Fsp3) is 0.111. The topological polar surface area (TPSA) is 97.0 Å². The number of benzene rings is 1. The van der Waals surface area contributed by atoms with Crippen molar-refractivity contribution in [1.29, 1.82) is 0 Å². The number of nitrogens with one attached hydrogen (secondary N) is 1. The van der Waals surface area contributed by atoms with E-state index in [1.165, 1.54) is 24.7 Å². The van der Waals surface area contributed by atoms with Crippen molar-refractivity contribution in [3.05, 3.63) is 60.6 Å². The van der Waals surface area contributed by atoms with Crippen molar-refractivity contribution >= 4 is 23.1 Å². The lowest BCUT2D eigenvalue weighted by atomic mass is 10.1. The number of carbonyl (C=O) groups is 1. The summed E-state index contributed by atoms with van der Waals surface area (Å²) >= 11 is 0. The molecular formula is C18H17FN6O. The molecule has 2 heterocycles. The molecule has 0 aliphatic heterocycles. The second-order valence-corrected chi connectivity index (χ2v) is 5.78. The van der Waals surface area contributed by atoms with Crippen LogP contribution < -0.4 is 16.0 Å². The van der Waals surface area contributed by atoms with Crippen molar-refractivity contribution in [3.63, 3.8) is 0 Å². The van der Waals surface area contributed by atoms with Gasteiger partial charge in [0.1, 0.15) is 11.5 Å². The Labute approximate surface area is 149 Å². The van der Waals surface area contributed by atoms with Gasteiger partial charge >= 0.3 is 0 Å². The van der Waals surface area contributed by atoms with Crippen molar-refractivity contribution in [3.8, 4) is 11.1 Å². The highest BCUT2D eigenvalue weighted by Gasteiger charge is 2.12. The predicted octanol–water partition coefficient (Wildman–Crippen LogP) is 2.58. The van der Waals surface area contributed by atoms with Gasteiger partial charge in [-0.25, -0.2) is 15.0 Å². The second kappa shape index (κ2) is 7.14. The number of amides is 1. The van der Waals surface area contributed by atoms with Crippen molar-refractivity contribution in [2.75, 3.05) is 30.0 Å². The number of nitrogen functional groups attached to an aromatic ring is 1. The Morgan fingerprint density at radius 3 is 2.42 bits per heavy atom. The Bertz CT molecular complexity index is 925. The molecule has 0 radical (unpaired) electrons. The molecule has 0 unspecified atom stereocenters. The van der Waals surface area contributed by atoms with Gasteiger partial charge in [-0.05, 0) is 29.8 Å². The average Bonchev–Trinajstić information content (AvgIpc) is 2.64. The van der Waals surface area contributed by atoms with Gasteiger partial charge in [0.15, 0.2) is 0 Å². The fourth-order valence-corrected chi connectivity index (χ4v) is 2.25. The number of hydrogen-bond donors (Lipinski definition) is 2. The zero-order valence-electron chi connectivity index (χ0n) is 14.3. The number of hydrogen-bond acceptors (Lipinski definition) is 6. The maximum absolute atomic E-state index is 13.0. The number of aromatic nitrogens is 3. The van der Waals surface area contributed by atoms with Crippen LogP contribution in [0.5, 0.6) is 0 Å². The summed E-state index contributed by atoms with van der Waals surface area (Å²) in [6.45, 7) is 0. The standard InChI is InChI=1S/C18H17FN6O/c1-25(2)17-10-21-15(9-23-17)18(26)24-14-7-11(3-5-13(14)20)12-4-6-16(19)22-8-12/h3-10H,20H2,1-2H3,(H,24,26). The minimum absolute atomic E-state index is 0.170. The van der Waals surface area contributed by atoms with Crippen LogP contribution in [-0.2, 0) is 0 Å². The maximum Gasteiger partial charge on any atom is 0.275 e. The predicted molar refractivity (Wildman–Crippen MR) is 98.4 cm³/mol. The molecule has 0 fully saturated rings. The molecule has 3 aromatic rings. The number of rotatable bonds is 4. The van der Waals surface area contributed by atoms with E-state index in [9.17, 15) is 9.18 Å². The summed E-state index contributed by atoms with van der Waals surface area (Å²) in [6.07, 6.45) is 4.32. The molecule has 7 nitrogen and oxygen atoms in total. The Morgan fingerprint density at radius 1 is 1.04 bits per heavy atom. The Kier molecular flexibility index (Phi) is 4.74. The third-order valence-electron chi connectivity index (χ3n) is 3.69. The van der Waals surface area contributed by atoms with Crippen LogP contribution in [0, 0.1) is 5.95 Å². The van der Waals surface area contributed by atoms with E-state index in [-0.39, 0.29) is 5.69 Å². The van der Waals surface area contributed by atoms with E-state index in [2.05, 4.69) is 20.3 Å². The lowest BCUT2D eigenvalue weighted by Crippen LogP contribution is -2.17. The molecule has 132 valence electrons. The lowest BCUT2D eigenvalue weighted by Gasteiger charge is -2.12. The van der Waals surface area contributed by atoms with E-state index in [0.717, 1.165) is 5.56 Å². The van der Waals surface area contributed by atoms with Crippen molar-refractivity contribution < 1.29 is 9.18 Å². The quantitative estimate of drug-likeness (QED) is 0.553. The van der Waals surface area contributed by atoms with Gasteiger partial charge in [-0.3, -0.25) is 4.79 Å². The van der Waals surface area contributed by atoms with Crippen LogP contribution in [0.3, 0.4) is 0 Å². The maximum atomic E-state index is 13.0. The van der Waals surface area contributed by atoms with Crippen LogP contribution in [0.2, 0.25) is 0 Å². The molecular weight excluding hydrogens is 335 g/mol. The van der Waals surface area contributed by atoms with Crippen LogP contribution in [0.1, 0.15) is 10.5 Å². The van der Waals surface area contributed by atoms with Gasteiger partial charge < -0.3 is 16.0 Å². The van der Waals surface area contributed by atoms with Crippen LogP contribution in [0.25, 0.3) is 11.1 Å². The van der Waals surface area contributed by atoms with E-state index in [1.807, 2.05) is 14.1 Å². The van der Waals surface area contributed by atoms with Gasteiger partial charge in [0.2, 0.25) is 5.95 Å². The van der Waals surface area contributed by atoms with Crippen LogP contribution >= 0.6 is 0 Å². The Balaban J connectivity index is 1.83. The van der Waals surface area contributed by atoms with E-state index in [1.54, 1.807) is 29.2 Å². The molecule has 3 N–H and O–H groups in total. The van der Waals surface area contributed by atoms with E-state index in [4.69, 9.17) is 5.73 Å². The molecule has 2 aromatic heterocycles. The number of carbonyl (C=O) groups excluding carboxylic acids is 1. The Morgan fingerprint density at radius 2 is 1.81 bits per heavy atom. The fourth-order valence-electron chi connectivity index (χ4n) is 2.25. The molecule has 0 bridgehead atoms. The van der Waals surface area contributed by atoms with Gasteiger partial charge in [-0.15, -0.1) is 0 Å². The molecule has 0 saturated heterocycles. The molecule has 0 aliphatic carbocycles. The molecule has 0 atom stereocenters. The summed E-state index contributed by atoms with van der Waals surface area (Å²) < 4.78 is 13.0. The highest BCUT2D eigenvalue weighted by molar-refractivity contribution is 6.04. The summed E-state index contributed by atoms with van der Waals surface area (Å²) in [7, 11) is 3.67. The third kappa shape index (κ3) is 3.75. The Hall–Kier alpha value is -3.55. The van der Waals surface area contributed by atoms with Crippen molar-refractivity contribution in [1.82, 2.24) is 15.0 Å². The first-order chi connectivity index (χ1) is 12.4. The first kappa shape index (κ1) is 17.3. The molecule has 3 rings (SSSR count). The normalized spacial score (nSPS) is 10.4. The van der Waals surface area contributed by atoms with Gasteiger partial charge in [-0.2, -0.15) is 4.39 Å². The highest BCUT2D eigenvalue weighted by Crippen LogP contribution is 2.27. The molecule has 0 aliphatic rings. The van der Waals surface area contributed by atoms with Crippen LogP contribution in [0.4, 0.5) is 21.6 Å². The molecule has 0 saturated carbocycles. The van der Waals surface area contributed by atoms with Crippen molar-refractivity contribution in [2.24, 2.45) is 0 Å². The van der Waals surface area contributed by atoms with Crippen LogP contribution in [-0.4, -0.2) is 35.0 Å². The summed E-state index contributed by atoms with van der Waals surface area (Å²) in [6, 6.07) is 8.00. The summed E-state index contributed by atoms with van der Waals surface area (Å²) in [4.78, 5) is 26.1. The average molecular weight is 352 g/mol. The summed E-state index contributed by atoms with van der Waals surface area (Å²) in [5.41, 5.74) is 8.40. The number of nitrogens with two attached hydrogens (primary N) is 1. The first-order valence-electron chi connectivity index (χ1n) is 7.76. The smallest absolute Gasteiger partial charge is 0.275 e. The first-order valence-corrected chi connectivity index (χ1v) is 7.76. The SMILES string of the molecule is CN(C)c1cnc(C(=O)Nc2cc(-c3ccc(F)nc3)ccc2N)cn1. The van der Waals surface area contributed by atoms with Gasteiger partial charge in [0.05, 0.1) is 23.8 Å². The molecule has 1 aromatic carbocycles. The van der Waals surface area contributed by atoms with E-state index < -0.39 is 11.9 Å². The van der Waals surface area contributed by atoms with Gasteiger partial charge in [0.25, 0.3) is 5.91 Å². The van der Waals surface area contributed by atoms with Gasteiger partial charge in [-0.1, -0.05) is 6.07 Å². The zero-order valence-corrected chi connectivity index (χ0v) is 14.3. The summed E-state index contributed by atoms with van der Waals surface area (Å²) in [5, 5.41) is 2.72. The van der Waals surface area contributed by atoms with Gasteiger partial charge in [0, 0.05) is 25.9 Å². The molecule has 8 heteroatoms. The number of anilines is 3. The molecule has 1 amide bonds. The van der Waals surface area contributed by atoms with E-state index in [0.29, 0.717) is 22.8 Å². The number of nitrogens with zero attached hydrogens (tertiary/aromatic N) is 4. The lowest BCUT2D eigenvalue weighted by molar-refractivity contribution is 0.102. The highest BCUT2D eigenvalue weighted by atomic mass is 19.1. The molecule has 26 heavy (non-hydrogen) atoms. The minimum atomic E-state index is -0.558. The largest absolute Gasteiger partial charge is 0.397 e.